The van der Waals surface area contributed by atoms with Gasteiger partial charge < -0.3 is 5.32 Å². The van der Waals surface area contributed by atoms with Gasteiger partial charge in [0.05, 0.1) is 17.4 Å². The lowest BCUT2D eigenvalue weighted by molar-refractivity contribution is 0.574. The van der Waals surface area contributed by atoms with Gasteiger partial charge in [0.15, 0.2) is 0 Å². The van der Waals surface area contributed by atoms with E-state index in [4.69, 9.17) is 0 Å². The topological polar surface area (TPSA) is 96.9 Å². The number of sulfonamides is 1. The highest BCUT2D eigenvalue weighted by molar-refractivity contribution is 7.89. The van der Waals surface area contributed by atoms with Crippen LogP contribution in [0.4, 0.5) is 5.95 Å². The molecule has 0 spiro atoms. The summed E-state index contributed by atoms with van der Waals surface area (Å²) in [5.74, 6) is 0.425. The fourth-order valence-corrected chi connectivity index (χ4v) is 3.31. The minimum atomic E-state index is -3.60. The van der Waals surface area contributed by atoms with Crippen molar-refractivity contribution in [3.8, 4) is 0 Å². The van der Waals surface area contributed by atoms with Gasteiger partial charge in [0.2, 0.25) is 16.0 Å². The molecule has 2 heterocycles. The van der Waals surface area contributed by atoms with Gasteiger partial charge in [0.25, 0.3) is 0 Å². The predicted octanol–water partition coefficient (Wildman–Crippen LogP) is 1.45. The molecule has 0 fully saturated rings. The lowest BCUT2D eigenvalue weighted by Crippen LogP contribution is -2.28. The number of nitrogens with zero attached hydrogens (tertiary/aromatic N) is 3. The van der Waals surface area contributed by atoms with Crippen LogP contribution >= 0.6 is 11.3 Å². The first-order valence-electron chi connectivity index (χ1n) is 6.48. The van der Waals surface area contributed by atoms with Crippen molar-refractivity contribution in [1.29, 1.82) is 0 Å². The van der Waals surface area contributed by atoms with E-state index in [1.165, 1.54) is 23.7 Å². The summed E-state index contributed by atoms with van der Waals surface area (Å²) in [6.07, 6.45) is 4.29. The Bertz CT molecular complexity index is 655. The Morgan fingerprint density at radius 1 is 1.29 bits per heavy atom. The molecule has 2 N–H and O–H groups in total. The van der Waals surface area contributed by atoms with Gasteiger partial charge in [-0.05, 0) is 6.92 Å². The van der Waals surface area contributed by atoms with E-state index in [2.05, 4.69) is 25.0 Å². The molecule has 114 valence electrons. The highest BCUT2D eigenvalue weighted by Crippen LogP contribution is 2.17. The second-order valence-electron chi connectivity index (χ2n) is 4.40. The SMILES string of the molecule is CCNc1ncc(S(=O)(=O)NCC(C)c2nccs2)cn1. The second-order valence-corrected chi connectivity index (χ2v) is 7.09. The van der Waals surface area contributed by atoms with E-state index >= 15 is 0 Å². The Kier molecular flexibility index (Phi) is 5.21. The van der Waals surface area contributed by atoms with Crippen LogP contribution in [-0.4, -0.2) is 36.5 Å². The lowest BCUT2D eigenvalue weighted by Gasteiger charge is -2.10. The molecule has 1 atom stereocenters. The molecule has 0 saturated heterocycles. The molecule has 0 radical (unpaired) electrons. The van der Waals surface area contributed by atoms with Crippen LogP contribution in [0.5, 0.6) is 0 Å². The molecule has 0 aliphatic heterocycles. The molecular weight excluding hydrogens is 310 g/mol. The van der Waals surface area contributed by atoms with E-state index in [0.717, 1.165) is 5.01 Å². The van der Waals surface area contributed by atoms with Crippen LogP contribution in [-0.2, 0) is 10.0 Å². The number of anilines is 1. The maximum absolute atomic E-state index is 12.1. The maximum atomic E-state index is 12.1. The molecule has 0 saturated carbocycles. The molecule has 7 nitrogen and oxygen atoms in total. The van der Waals surface area contributed by atoms with Gasteiger partial charge in [-0.1, -0.05) is 6.92 Å². The monoisotopic (exact) mass is 327 g/mol. The zero-order chi connectivity index (χ0) is 15.3. The average molecular weight is 327 g/mol. The van der Waals surface area contributed by atoms with E-state index in [-0.39, 0.29) is 17.4 Å². The number of hydrogen-bond acceptors (Lipinski definition) is 7. The summed E-state index contributed by atoms with van der Waals surface area (Å²) in [5.41, 5.74) is 0. The first-order chi connectivity index (χ1) is 10.0. The van der Waals surface area contributed by atoms with Gasteiger partial charge in [0.1, 0.15) is 4.90 Å². The molecular formula is C12H17N5O2S2. The Balaban J connectivity index is 2.01. The van der Waals surface area contributed by atoms with Gasteiger partial charge in [0, 0.05) is 30.6 Å². The third kappa shape index (κ3) is 4.19. The largest absolute Gasteiger partial charge is 0.355 e. The van der Waals surface area contributed by atoms with Gasteiger partial charge in [-0.2, -0.15) is 0 Å². The minimum Gasteiger partial charge on any atom is -0.355 e. The summed E-state index contributed by atoms with van der Waals surface area (Å²) in [5, 5.41) is 5.68. The summed E-state index contributed by atoms with van der Waals surface area (Å²) in [7, 11) is -3.60. The van der Waals surface area contributed by atoms with E-state index < -0.39 is 10.0 Å². The summed E-state index contributed by atoms with van der Waals surface area (Å²) in [4.78, 5) is 12.1. The van der Waals surface area contributed by atoms with Gasteiger partial charge in [-0.25, -0.2) is 28.1 Å². The quantitative estimate of drug-likeness (QED) is 0.799. The molecule has 0 amide bonds. The summed E-state index contributed by atoms with van der Waals surface area (Å²) >= 11 is 1.51. The minimum absolute atomic E-state index is 0.0155. The smallest absolute Gasteiger partial charge is 0.243 e. The Morgan fingerprint density at radius 3 is 2.57 bits per heavy atom. The summed E-state index contributed by atoms with van der Waals surface area (Å²) < 4.78 is 26.8. The first-order valence-corrected chi connectivity index (χ1v) is 8.84. The van der Waals surface area contributed by atoms with Crippen LogP contribution in [0.15, 0.2) is 28.9 Å². The zero-order valence-electron chi connectivity index (χ0n) is 11.8. The molecule has 2 aromatic heterocycles. The van der Waals surface area contributed by atoms with Crippen molar-refractivity contribution in [3.63, 3.8) is 0 Å². The van der Waals surface area contributed by atoms with Crippen molar-refractivity contribution in [2.24, 2.45) is 0 Å². The molecule has 2 aromatic rings. The van der Waals surface area contributed by atoms with Gasteiger partial charge in [-0.3, -0.25) is 0 Å². The molecule has 0 aliphatic rings. The number of thiazole rings is 1. The molecule has 9 heteroatoms. The van der Waals surface area contributed by atoms with Crippen LogP contribution < -0.4 is 10.0 Å². The molecule has 1 unspecified atom stereocenters. The van der Waals surface area contributed by atoms with E-state index in [1.54, 1.807) is 6.20 Å². The standard InChI is InChI=1S/C12H17N5O2S2/c1-3-13-12-15-7-10(8-16-12)21(18,19)17-6-9(2)11-14-4-5-20-11/h4-5,7-9,17H,3,6H2,1-2H3,(H,13,15,16). The molecule has 21 heavy (non-hydrogen) atoms. The fourth-order valence-electron chi connectivity index (χ4n) is 1.59. The lowest BCUT2D eigenvalue weighted by atomic mass is 10.2. The van der Waals surface area contributed by atoms with Crippen LogP contribution in [0.25, 0.3) is 0 Å². The highest BCUT2D eigenvalue weighted by atomic mass is 32.2. The van der Waals surface area contributed by atoms with Crippen molar-refractivity contribution in [1.82, 2.24) is 19.7 Å². The average Bonchev–Trinajstić information content (AvgIpc) is 3.00. The van der Waals surface area contributed by atoms with Crippen molar-refractivity contribution < 1.29 is 8.42 Å². The zero-order valence-corrected chi connectivity index (χ0v) is 13.4. The number of hydrogen-bond donors (Lipinski definition) is 2. The van der Waals surface area contributed by atoms with Crippen LogP contribution in [0.1, 0.15) is 24.8 Å². The van der Waals surface area contributed by atoms with Crippen LogP contribution in [0.3, 0.4) is 0 Å². The molecule has 0 aliphatic carbocycles. The molecule has 0 aromatic carbocycles. The van der Waals surface area contributed by atoms with E-state index in [9.17, 15) is 8.42 Å². The summed E-state index contributed by atoms with van der Waals surface area (Å²) in [6.45, 7) is 4.79. The summed E-state index contributed by atoms with van der Waals surface area (Å²) in [6, 6.07) is 0. The van der Waals surface area contributed by atoms with Crippen molar-refractivity contribution in [2.75, 3.05) is 18.4 Å². The normalized spacial score (nSPS) is 13.0. The number of rotatable bonds is 7. The third-order valence-corrected chi connectivity index (χ3v) is 5.11. The maximum Gasteiger partial charge on any atom is 0.243 e. The Morgan fingerprint density at radius 2 is 2.00 bits per heavy atom. The number of aromatic nitrogens is 3. The van der Waals surface area contributed by atoms with E-state index in [0.29, 0.717) is 12.5 Å². The Labute approximate surface area is 127 Å². The van der Waals surface area contributed by atoms with Gasteiger partial charge in [-0.15, -0.1) is 11.3 Å². The van der Waals surface area contributed by atoms with Gasteiger partial charge >= 0.3 is 0 Å². The van der Waals surface area contributed by atoms with E-state index in [1.807, 2.05) is 19.2 Å². The van der Waals surface area contributed by atoms with Crippen molar-refractivity contribution in [2.45, 2.75) is 24.7 Å². The molecule has 0 bridgehead atoms. The predicted molar refractivity (Wildman–Crippen MR) is 81.9 cm³/mol. The first kappa shape index (κ1) is 15.8. The van der Waals surface area contributed by atoms with Crippen molar-refractivity contribution >= 4 is 27.3 Å². The van der Waals surface area contributed by atoms with Crippen LogP contribution in [0, 0.1) is 0 Å². The second kappa shape index (κ2) is 6.92. The number of nitrogens with one attached hydrogen (secondary N) is 2. The fraction of sp³-hybridized carbons (Fsp3) is 0.417. The highest BCUT2D eigenvalue weighted by Gasteiger charge is 2.17. The van der Waals surface area contributed by atoms with Crippen LogP contribution in [0.2, 0.25) is 0 Å². The Hall–Kier alpha value is -1.58. The third-order valence-electron chi connectivity index (χ3n) is 2.73. The van der Waals surface area contributed by atoms with Crippen molar-refractivity contribution in [3.05, 3.63) is 29.0 Å². The molecule has 2 rings (SSSR count).